The van der Waals surface area contributed by atoms with Crippen molar-refractivity contribution in [2.75, 3.05) is 25.6 Å². The molecule has 32 heavy (non-hydrogen) atoms. The van der Waals surface area contributed by atoms with Gasteiger partial charge in [-0.2, -0.15) is 4.98 Å². The highest BCUT2D eigenvalue weighted by Gasteiger charge is 2.17. The van der Waals surface area contributed by atoms with E-state index < -0.39 is 5.69 Å². The molecule has 0 spiro atoms. The number of phenols is 1. The third kappa shape index (κ3) is 4.70. The second kappa shape index (κ2) is 9.74. The van der Waals surface area contributed by atoms with Crippen LogP contribution in [0, 0.1) is 20.8 Å². The van der Waals surface area contributed by atoms with E-state index in [1.807, 2.05) is 27.7 Å². The molecular weight excluding hydrogens is 408 g/mol. The summed E-state index contributed by atoms with van der Waals surface area (Å²) in [6.07, 6.45) is 0. The number of phenolic OH excluding ortho intramolecular Hbond substituents is 1. The third-order valence-electron chi connectivity index (χ3n) is 5.15. The molecule has 0 atom stereocenters. The number of hydrogen-bond donors (Lipinski definition) is 3. The molecule has 0 aliphatic rings. The molecule has 8 nitrogen and oxygen atoms in total. The summed E-state index contributed by atoms with van der Waals surface area (Å²) in [5.41, 5.74) is 10.1. The van der Waals surface area contributed by atoms with Crippen LogP contribution in [0.15, 0.2) is 35.1 Å². The molecule has 4 N–H and O–H groups in total. The maximum Gasteiger partial charge on any atom is 0.349 e. The maximum absolute atomic E-state index is 12.9. The lowest BCUT2D eigenvalue weighted by molar-refractivity contribution is 0.309. The quantitative estimate of drug-likeness (QED) is 0.492. The van der Waals surface area contributed by atoms with Crippen molar-refractivity contribution >= 4 is 11.5 Å². The molecule has 3 rings (SSSR count). The molecular formula is C24H30N4O4. The van der Waals surface area contributed by atoms with Gasteiger partial charge in [-0.15, -0.1) is 0 Å². The lowest BCUT2D eigenvalue weighted by atomic mass is 10.0. The van der Waals surface area contributed by atoms with Crippen LogP contribution in [0.25, 0.3) is 11.3 Å². The third-order valence-corrected chi connectivity index (χ3v) is 5.15. The van der Waals surface area contributed by atoms with Crippen LogP contribution in [0.3, 0.4) is 0 Å². The van der Waals surface area contributed by atoms with Gasteiger partial charge in [0.1, 0.15) is 11.6 Å². The van der Waals surface area contributed by atoms with Crippen molar-refractivity contribution in [3.63, 3.8) is 0 Å². The zero-order valence-electron chi connectivity index (χ0n) is 19.2. The van der Waals surface area contributed by atoms with Crippen LogP contribution in [0.5, 0.6) is 17.2 Å². The van der Waals surface area contributed by atoms with Gasteiger partial charge in [0.15, 0.2) is 11.5 Å². The number of methoxy groups -OCH3 is 1. The Morgan fingerprint density at radius 3 is 2.38 bits per heavy atom. The molecule has 1 heterocycles. The summed E-state index contributed by atoms with van der Waals surface area (Å²) in [6, 6.07) is 8.95. The summed E-state index contributed by atoms with van der Waals surface area (Å²) >= 11 is 0. The normalized spacial score (nSPS) is 10.8. The van der Waals surface area contributed by atoms with Gasteiger partial charge in [0.2, 0.25) is 0 Å². The fourth-order valence-corrected chi connectivity index (χ4v) is 3.78. The first-order valence-electron chi connectivity index (χ1n) is 10.5. The molecule has 2 aromatic carbocycles. The second-order valence-corrected chi connectivity index (χ2v) is 7.60. The van der Waals surface area contributed by atoms with Crippen LogP contribution < -0.4 is 26.2 Å². The summed E-state index contributed by atoms with van der Waals surface area (Å²) < 4.78 is 12.4. The number of nitrogens with one attached hydrogen (secondary N) is 1. The molecule has 0 saturated carbocycles. The summed E-state index contributed by atoms with van der Waals surface area (Å²) in [5, 5.41) is 14.0. The van der Waals surface area contributed by atoms with Gasteiger partial charge in [0, 0.05) is 36.5 Å². The number of nitrogens with zero attached hydrogens (tertiary/aromatic N) is 2. The minimum atomic E-state index is -0.467. The van der Waals surface area contributed by atoms with Crippen molar-refractivity contribution in [2.24, 2.45) is 5.73 Å². The number of ether oxygens (including phenoxy) is 2. The Hall–Kier alpha value is -3.52. The Morgan fingerprint density at radius 2 is 1.78 bits per heavy atom. The average Bonchev–Trinajstić information content (AvgIpc) is 2.73. The number of aromatic nitrogens is 2. The van der Waals surface area contributed by atoms with Gasteiger partial charge in [-0.3, -0.25) is 4.57 Å². The standard InChI is InChI=1S/C24H30N4O4/c1-6-32-21-13-19(29)17(11-20(21)31-5)18-12-22(28(8-7-25)24(30)26-18)27-23-15(3)9-14(2)10-16(23)4/h9-13,27,29H,6-8,25H2,1-5H3. The largest absolute Gasteiger partial charge is 0.507 e. The van der Waals surface area contributed by atoms with Gasteiger partial charge in [-0.05, 0) is 44.9 Å². The van der Waals surface area contributed by atoms with Gasteiger partial charge in [0.05, 0.1) is 19.4 Å². The maximum atomic E-state index is 12.9. The monoisotopic (exact) mass is 438 g/mol. The predicted molar refractivity (Wildman–Crippen MR) is 126 cm³/mol. The smallest absolute Gasteiger partial charge is 0.349 e. The van der Waals surface area contributed by atoms with Crippen LogP contribution in [-0.2, 0) is 6.54 Å². The van der Waals surface area contributed by atoms with Crippen LogP contribution >= 0.6 is 0 Å². The summed E-state index contributed by atoms with van der Waals surface area (Å²) in [6.45, 7) is 8.92. The van der Waals surface area contributed by atoms with Gasteiger partial charge < -0.3 is 25.6 Å². The Morgan fingerprint density at radius 1 is 1.09 bits per heavy atom. The van der Waals surface area contributed by atoms with E-state index in [1.54, 1.807) is 12.1 Å². The summed E-state index contributed by atoms with van der Waals surface area (Å²) in [4.78, 5) is 17.1. The van der Waals surface area contributed by atoms with Crippen molar-refractivity contribution in [1.82, 2.24) is 9.55 Å². The SMILES string of the molecule is CCOc1cc(O)c(-c2cc(Nc3c(C)cc(C)cc3C)n(CCN)c(=O)n2)cc1OC. The van der Waals surface area contributed by atoms with Crippen molar-refractivity contribution in [1.29, 1.82) is 0 Å². The molecule has 0 bridgehead atoms. The number of benzene rings is 2. The molecule has 0 fully saturated rings. The van der Waals surface area contributed by atoms with Gasteiger partial charge in [0.25, 0.3) is 0 Å². The van der Waals surface area contributed by atoms with Crippen LogP contribution in [0.4, 0.5) is 11.5 Å². The van der Waals surface area contributed by atoms with Crippen molar-refractivity contribution in [2.45, 2.75) is 34.2 Å². The number of rotatable bonds is 8. The van der Waals surface area contributed by atoms with Crippen molar-refractivity contribution in [3.8, 4) is 28.5 Å². The van der Waals surface area contributed by atoms with E-state index in [4.69, 9.17) is 15.2 Å². The first kappa shape index (κ1) is 23.1. The van der Waals surface area contributed by atoms with E-state index in [0.717, 1.165) is 22.4 Å². The van der Waals surface area contributed by atoms with Crippen LogP contribution in [0.2, 0.25) is 0 Å². The highest BCUT2D eigenvalue weighted by Crippen LogP contribution is 2.39. The molecule has 0 radical (unpaired) electrons. The number of aryl methyl sites for hydroxylation is 3. The van der Waals surface area contributed by atoms with E-state index in [9.17, 15) is 9.90 Å². The minimum absolute atomic E-state index is 0.0635. The van der Waals surface area contributed by atoms with E-state index in [2.05, 4.69) is 22.4 Å². The number of hydrogen-bond acceptors (Lipinski definition) is 7. The van der Waals surface area contributed by atoms with Gasteiger partial charge in [-0.1, -0.05) is 17.7 Å². The number of aromatic hydroxyl groups is 1. The molecule has 0 saturated heterocycles. The zero-order chi connectivity index (χ0) is 23.4. The van der Waals surface area contributed by atoms with E-state index in [1.165, 1.54) is 17.7 Å². The van der Waals surface area contributed by atoms with E-state index >= 15 is 0 Å². The molecule has 0 aliphatic heterocycles. The van der Waals surface area contributed by atoms with E-state index in [0.29, 0.717) is 41.7 Å². The highest BCUT2D eigenvalue weighted by molar-refractivity contribution is 5.74. The number of anilines is 2. The minimum Gasteiger partial charge on any atom is -0.507 e. The van der Waals surface area contributed by atoms with Crippen molar-refractivity contribution in [3.05, 3.63) is 57.5 Å². The molecule has 0 unspecified atom stereocenters. The Labute approximate surface area is 187 Å². The predicted octanol–water partition coefficient (Wildman–Crippen LogP) is 3.65. The second-order valence-electron chi connectivity index (χ2n) is 7.60. The van der Waals surface area contributed by atoms with Crippen LogP contribution in [0.1, 0.15) is 23.6 Å². The van der Waals surface area contributed by atoms with E-state index in [-0.39, 0.29) is 12.3 Å². The molecule has 8 heteroatoms. The number of nitrogens with two attached hydrogens (primary N) is 1. The summed E-state index contributed by atoms with van der Waals surface area (Å²) in [5.74, 6) is 1.32. The Bertz CT molecular complexity index is 1160. The highest BCUT2D eigenvalue weighted by atomic mass is 16.5. The van der Waals surface area contributed by atoms with Crippen LogP contribution in [-0.4, -0.2) is 34.9 Å². The van der Waals surface area contributed by atoms with Gasteiger partial charge >= 0.3 is 5.69 Å². The molecule has 1 aromatic heterocycles. The van der Waals surface area contributed by atoms with Gasteiger partial charge in [-0.25, -0.2) is 4.79 Å². The first-order chi connectivity index (χ1) is 15.3. The Kier molecular flexibility index (Phi) is 7.05. The lowest BCUT2D eigenvalue weighted by Crippen LogP contribution is -2.28. The lowest BCUT2D eigenvalue weighted by Gasteiger charge is -2.19. The zero-order valence-corrected chi connectivity index (χ0v) is 19.2. The summed E-state index contributed by atoms with van der Waals surface area (Å²) in [7, 11) is 1.52. The Balaban J connectivity index is 2.17. The first-order valence-corrected chi connectivity index (χ1v) is 10.5. The molecule has 3 aromatic rings. The van der Waals surface area contributed by atoms with Crippen molar-refractivity contribution < 1.29 is 14.6 Å². The fraction of sp³-hybridized carbons (Fsp3) is 0.333. The fourth-order valence-electron chi connectivity index (χ4n) is 3.78. The molecule has 170 valence electrons. The topological polar surface area (TPSA) is 112 Å². The molecule has 0 amide bonds. The average molecular weight is 439 g/mol. The molecule has 0 aliphatic carbocycles.